The minimum Gasteiger partial charge on any atom is -0.476 e. The molecule has 2 aromatic carbocycles. The van der Waals surface area contributed by atoms with Crippen LogP contribution < -0.4 is 14.4 Å². The van der Waals surface area contributed by atoms with Crippen molar-refractivity contribution in [3.63, 3.8) is 0 Å². The van der Waals surface area contributed by atoms with Crippen LogP contribution >= 0.6 is 11.6 Å². The van der Waals surface area contributed by atoms with Crippen LogP contribution in [-0.2, 0) is 14.8 Å². The van der Waals surface area contributed by atoms with Crippen molar-refractivity contribution in [2.75, 3.05) is 17.1 Å². The van der Waals surface area contributed by atoms with Crippen LogP contribution in [0.5, 0.6) is 5.75 Å². The summed E-state index contributed by atoms with van der Waals surface area (Å²) in [7, 11) is -3.59. The van der Waals surface area contributed by atoms with Crippen molar-refractivity contribution in [2.24, 2.45) is 0 Å². The molecule has 2 aromatic rings. The maximum Gasteiger partial charge on any atom is 0.263 e. The van der Waals surface area contributed by atoms with Gasteiger partial charge in [-0.2, -0.15) is 0 Å². The molecule has 8 heteroatoms. The second-order valence-electron chi connectivity index (χ2n) is 6.65. The van der Waals surface area contributed by atoms with Gasteiger partial charge in [-0.3, -0.25) is 9.10 Å². The van der Waals surface area contributed by atoms with Gasteiger partial charge in [0.25, 0.3) is 5.91 Å². The predicted octanol–water partition coefficient (Wildman–Crippen LogP) is 3.05. The van der Waals surface area contributed by atoms with Crippen molar-refractivity contribution in [1.82, 2.24) is 5.32 Å². The van der Waals surface area contributed by atoms with Crippen LogP contribution in [0.1, 0.15) is 24.1 Å². The minimum atomic E-state index is -3.59. The molecule has 0 aliphatic carbocycles. The van der Waals surface area contributed by atoms with Crippen molar-refractivity contribution in [3.05, 3.63) is 58.6 Å². The third kappa shape index (κ3) is 4.36. The predicted molar refractivity (Wildman–Crippen MR) is 106 cm³/mol. The van der Waals surface area contributed by atoms with E-state index in [0.717, 1.165) is 21.7 Å². The molecule has 2 atom stereocenters. The molecule has 1 aliphatic heterocycles. The molecule has 6 nitrogen and oxygen atoms in total. The van der Waals surface area contributed by atoms with E-state index in [4.69, 9.17) is 16.3 Å². The van der Waals surface area contributed by atoms with E-state index in [1.807, 2.05) is 38.1 Å². The molecule has 0 saturated carbocycles. The zero-order valence-corrected chi connectivity index (χ0v) is 16.8. The molecule has 27 heavy (non-hydrogen) atoms. The van der Waals surface area contributed by atoms with Crippen molar-refractivity contribution < 1.29 is 17.9 Å². The highest BCUT2D eigenvalue weighted by Gasteiger charge is 2.35. The number of hydrogen-bond donors (Lipinski definition) is 1. The number of benzene rings is 2. The number of anilines is 1. The lowest BCUT2D eigenvalue weighted by atomic mass is 10.1. The SMILES string of the molecule is Cc1ccc([C@@H](C)NC(=O)[C@H]2CN(S(C)(=O)=O)c3cc(Cl)ccc3O2)cc1. The highest BCUT2D eigenvalue weighted by Crippen LogP contribution is 2.37. The van der Waals surface area contributed by atoms with E-state index >= 15 is 0 Å². The van der Waals surface area contributed by atoms with Crippen molar-refractivity contribution in [1.29, 1.82) is 0 Å². The number of ether oxygens (including phenoxy) is 1. The van der Waals surface area contributed by atoms with Crippen LogP contribution in [0.25, 0.3) is 0 Å². The van der Waals surface area contributed by atoms with Gasteiger partial charge in [0.05, 0.1) is 24.5 Å². The number of nitrogens with zero attached hydrogens (tertiary/aromatic N) is 1. The molecule has 144 valence electrons. The van der Waals surface area contributed by atoms with Crippen LogP contribution in [0, 0.1) is 6.92 Å². The second kappa shape index (κ2) is 7.40. The standard InChI is InChI=1S/C19H21ClN2O4S/c1-12-4-6-14(7-5-12)13(2)21-19(23)18-11-22(27(3,24)25)16-10-15(20)8-9-17(16)26-18/h4-10,13,18H,11H2,1-3H3,(H,21,23)/t13-,18-/m1/s1. The molecule has 1 N–H and O–H groups in total. The van der Waals surface area contributed by atoms with Crippen LogP contribution in [0.2, 0.25) is 5.02 Å². The third-order valence-electron chi connectivity index (χ3n) is 4.42. The molecule has 3 rings (SSSR count). The number of nitrogens with one attached hydrogen (secondary N) is 1. The van der Waals surface area contributed by atoms with Gasteiger partial charge in [0.1, 0.15) is 5.75 Å². The average Bonchev–Trinajstić information content (AvgIpc) is 2.60. The summed E-state index contributed by atoms with van der Waals surface area (Å²) in [6, 6.07) is 12.3. The molecule has 1 amide bonds. The fraction of sp³-hybridized carbons (Fsp3) is 0.316. The number of carbonyl (C=O) groups excluding carboxylic acids is 1. The Hall–Kier alpha value is -2.25. The molecular weight excluding hydrogens is 388 g/mol. The lowest BCUT2D eigenvalue weighted by Gasteiger charge is -2.34. The molecule has 0 fully saturated rings. The lowest BCUT2D eigenvalue weighted by Crippen LogP contribution is -2.50. The Morgan fingerprint density at radius 3 is 2.56 bits per heavy atom. The van der Waals surface area contributed by atoms with Crippen LogP contribution in [-0.4, -0.2) is 33.2 Å². The fourth-order valence-corrected chi connectivity index (χ4v) is 3.99. The molecule has 0 bridgehead atoms. The number of carbonyl (C=O) groups is 1. The highest BCUT2D eigenvalue weighted by molar-refractivity contribution is 7.92. The monoisotopic (exact) mass is 408 g/mol. The molecule has 0 aromatic heterocycles. The number of aryl methyl sites for hydroxylation is 1. The van der Waals surface area contributed by atoms with Gasteiger partial charge >= 0.3 is 0 Å². The minimum absolute atomic E-state index is 0.112. The molecular formula is C19H21ClN2O4S. The zero-order chi connectivity index (χ0) is 19.8. The van der Waals surface area contributed by atoms with E-state index in [1.165, 1.54) is 6.07 Å². The first-order chi connectivity index (χ1) is 12.6. The second-order valence-corrected chi connectivity index (χ2v) is 9.00. The Balaban J connectivity index is 1.81. The highest BCUT2D eigenvalue weighted by atomic mass is 35.5. The van der Waals surface area contributed by atoms with Crippen LogP contribution in [0.4, 0.5) is 5.69 Å². The Morgan fingerprint density at radius 2 is 1.93 bits per heavy atom. The number of halogens is 1. The van der Waals surface area contributed by atoms with Crippen molar-refractivity contribution in [3.8, 4) is 5.75 Å². The molecule has 0 radical (unpaired) electrons. The van der Waals surface area contributed by atoms with Gasteiger partial charge < -0.3 is 10.1 Å². The normalized spacial score (nSPS) is 17.6. The van der Waals surface area contributed by atoms with E-state index in [2.05, 4.69) is 5.32 Å². The number of fused-ring (bicyclic) bond motifs is 1. The Kier molecular flexibility index (Phi) is 5.35. The maximum atomic E-state index is 12.7. The van der Waals surface area contributed by atoms with Gasteiger partial charge in [-0.05, 0) is 37.6 Å². The van der Waals surface area contributed by atoms with E-state index in [-0.39, 0.29) is 18.5 Å². The molecule has 0 spiro atoms. The van der Waals surface area contributed by atoms with Crippen molar-refractivity contribution in [2.45, 2.75) is 26.0 Å². The Labute approximate surface area is 164 Å². The van der Waals surface area contributed by atoms with Gasteiger partial charge in [-0.25, -0.2) is 8.42 Å². The summed E-state index contributed by atoms with van der Waals surface area (Å²) in [5.74, 6) is -0.0726. The molecule has 0 saturated heterocycles. The molecule has 1 aliphatic rings. The third-order valence-corrected chi connectivity index (χ3v) is 5.80. The summed E-state index contributed by atoms with van der Waals surface area (Å²) in [6.07, 6.45) is 0.133. The Bertz CT molecular complexity index is 960. The summed E-state index contributed by atoms with van der Waals surface area (Å²) in [5.41, 5.74) is 2.42. The topological polar surface area (TPSA) is 75.7 Å². The number of hydrogen-bond acceptors (Lipinski definition) is 4. The lowest BCUT2D eigenvalue weighted by molar-refractivity contribution is -0.128. The molecule has 1 heterocycles. The Morgan fingerprint density at radius 1 is 1.26 bits per heavy atom. The number of sulfonamides is 1. The molecule has 0 unspecified atom stereocenters. The van der Waals surface area contributed by atoms with Gasteiger partial charge in [-0.15, -0.1) is 0 Å². The van der Waals surface area contributed by atoms with Crippen LogP contribution in [0.3, 0.4) is 0 Å². The van der Waals surface area contributed by atoms with Gasteiger partial charge in [0.2, 0.25) is 10.0 Å². The van der Waals surface area contributed by atoms with Crippen LogP contribution in [0.15, 0.2) is 42.5 Å². The van der Waals surface area contributed by atoms with Crippen molar-refractivity contribution >= 4 is 33.2 Å². The van der Waals surface area contributed by atoms with E-state index in [9.17, 15) is 13.2 Å². The zero-order valence-electron chi connectivity index (χ0n) is 15.3. The summed E-state index contributed by atoms with van der Waals surface area (Å²) < 4.78 is 31.3. The first-order valence-corrected chi connectivity index (χ1v) is 10.7. The summed E-state index contributed by atoms with van der Waals surface area (Å²) in [4.78, 5) is 12.7. The number of amides is 1. The van der Waals surface area contributed by atoms with Gasteiger partial charge in [-0.1, -0.05) is 41.4 Å². The summed E-state index contributed by atoms with van der Waals surface area (Å²) in [6.45, 7) is 3.75. The first-order valence-electron chi connectivity index (χ1n) is 8.46. The fourth-order valence-electron chi connectivity index (χ4n) is 2.92. The maximum absolute atomic E-state index is 12.7. The van der Waals surface area contributed by atoms with E-state index < -0.39 is 16.1 Å². The summed E-state index contributed by atoms with van der Waals surface area (Å²) in [5, 5.41) is 3.28. The van der Waals surface area contributed by atoms with E-state index in [0.29, 0.717) is 16.5 Å². The largest absolute Gasteiger partial charge is 0.476 e. The summed E-state index contributed by atoms with van der Waals surface area (Å²) >= 11 is 5.98. The first kappa shape index (κ1) is 19.5. The quantitative estimate of drug-likeness (QED) is 0.843. The van der Waals surface area contributed by atoms with Gasteiger partial charge in [0, 0.05) is 5.02 Å². The average molecular weight is 409 g/mol. The van der Waals surface area contributed by atoms with Gasteiger partial charge in [0.15, 0.2) is 6.10 Å². The van der Waals surface area contributed by atoms with E-state index in [1.54, 1.807) is 12.1 Å². The number of rotatable bonds is 4. The smallest absolute Gasteiger partial charge is 0.263 e.